The van der Waals surface area contributed by atoms with Crippen molar-refractivity contribution in [3.8, 4) is 0 Å². The van der Waals surface area contributed by atoms with Crippen molar-refractivity contribution in [2.45, 2.75) is 19.9 Å². The standard InChI is InChI=1S/C22H23ClN2O3/c1-3-25(4-2)18(15-9-5-7-11-17(15)23)14-24-22(27)21-13-19(26)16-10-6-8-12-20(16)28-21/h5-13,18H,3-4,14H2,1-2H3,(H,24,27)/t18-/m0/s1. The smallest absolute Gasteiger partial charge is 0.287 e. The summed E-state index contributed by atoms with van der Waals surface area (Å²) < 4.78 is 5.63. The molecule has 1 N–H and O–H groups in total. The second-order valence-corrected chi connectivity index (χ2v) is 6.85. The Hall–Kier alpha value is -2.63. The van der Waals surface area contributed by atoms with Crippen LogP contribution in [0.2, 0.25) is 5.02 Å². The van der Waals surface area contributed by atoms with Crippen molar-refractivity contribution in [3.05, 3.63) is 81.2 Å². The number of para-hydroxylation sites is 1. The van der Waals surface area contributed by atoms with Crippen LogP contribution < -0.4 is 10.7 Å². The lowest BCUT2D eigenvalue weighted by atomic mass is 10.0. The molecule has 0 radical (unpaired) electrons. The molecule has 28 heavy (non-hydrogen) atoms. The normalized spacial score (nSPS) is 12.3. The fourth-order valence-corrected chi connectivity index (χ4v) is 3.60. The minimum atomic E-state index is -0.424. The second-order valence-electron chi connectivity index (χ2n) is 6.44. The van der Waals surface area contributed by atoms with Gasteiger partial charge in [-0.05, 0) is 36.9 Å². The molecule has 0 aliphatic heterocycles. The van der Waals surface area contributed by atoms with Gasteiger partial charge in [-0.25, -0.2) is 0 Å². The minimum Gasteiger partial charge on any atom is -0.451 e. The van der Waals surface area contributed by atoms with E-state index < -0.39 is 5.91 Å². The number of hydrogen-bond acceptors (Lipinski definition) is 4. The second kappa shape index (κ2) is 9.04. The molecule has 1 aromatic heterocycles. The van der Waals surface area contributed by atoms with E-state index in [0.717, 1.165) is 18.7 Å². The molecule has 0 saturated heterocycles. The van der Waals surface area contributed by atoms with E-state index in [1.54, 1.807) is 24.3 Å². The van der Waals surface area contributed by atoms with Crippen molar-refractivity contribution in [1.29, 1.82) is 0 Å². The van der Waals surface area contributed by atoms with Crippen molar-refractivity contribution < 1.29 is 9.21 Å². The zero-order chi connectivity index (χ0) is 20.1. The van der Waals surface area contributed by atoms with Gasteiger partial charge in [0.1, 0.15) is 5.58 Å². The molecular formula is C22H23ClN2O3. The first-order valence-electron chi connectivity index (χ1n) is 9.34. The highest BCUT2D eigenvalue weighted by atomic mass is 35.5. The molecule has 0 spiro atoms. The topological polar surface area (TPSA) is 62.6 Å². The molecule has 6 heteroatoms. The molecule has 146 valence electrons. The summed E-state index contributed by atoms with van der Waals surface area (Å²) in [6.07, 6.45) is 0. The van der Waals surface area contributed by atoms with Gasteiger partial charge in [-0.15, -0.1) is 0 Å². The molecule has 0 aliphatic rings. The fraction of sp³-hybridized carbons (Fsp3) is 0.273. The molecule has 0 unspecified atom stereocenters. The molecule has 3 rings (SSSR count). The number of rotatable bonds is 7. The Morgan fingerprint density at radius 3 is 2.50 bits per heavy atom. The quantitative estimate of drug-likeness (QED) is 0.646. The Labute approximate surface area is 168 Å². The molecule has 0 bridgehead atoms. The zero-order valence-corrected chi connectivity index (χ0v) is 16.7. The Kier molecular flexibility index (Phi) is 6.49. The minimum absolute atomic E-state index is 0.00107. The van der Waals surface area contributed by atoms with Gasteiger partial charge in [0.15, 0.2) is 11.2 Å². The van der Waals surface area contributed by atoms with Gasteiger partial charge in [-0.2, -0.15) is 0 Å². The molecule has 2 aromatic carbocycles. The number of carbonyl (C=O) groups is 1. The summed E-state index contributed by atoms with van der Waals surface area (Å²) in [6, 6.07) is 15.7. The number of likely N-dealkylation sites (N-methyl/N-ethyl adjacent to an activating group) is 1. The first kappa shape index (κ1) is 20.1. The maximum atomic E-state index is 12.7. The Balaban J connectivity index is 1.84. The van der Waals surface area contributed by atoms with Gasteiger partial charge >= 0.3 is 0 Å². The third kappa shape index (κ3) is 4.26. The van der Waals surface area contributed by atoms with Gasteiger partial charge in [0.05, 0.1) is 11.4 Å². The highest BCUT2D eigenvalue weighted by Crippen LogP contribution is 2.27. The highest BCUT2D eigenvalue weighted by Gasteiger charge is 2.22. The van der Waals surface area contributed by atoms with Gasteiger partial charge in [0.2, 0.25) is 0 Å². The van der Waals surface area contributed by atoms with Crippen molar-refractivity contribution in [2.24, 2.45) is 0 Å². The van der Waals surface area contributed by atoms with Crippen LogP contribution in [-0.2, 0) is 0 Å². The number of amides is 1. The number of hydrogen-bond donors (Lipinski definition) is 1. The van der Waals surface area contributed by atoms with Crippen LogP contribution in [0.25, 0.3) is 11.0 Å². The summed E-state index contributed by atoms with van der Waals surface area (Å²) >= 11 is 6.40. The van der Waals surface area contributed by atoms with Gasteiger partial charge in [0.25, 0.3) is 5.91 Å². The molecule has 0 saturated carbocycles. The third-order valence-corrected chi connectivity index (χ3v) is 5.18. The van der Waals surface area contributed by atoms with Crippen LogP contribution in [0.1, 0.15) is 36.0 Å². The van der Waals surface area contributed by atoms with E-state index in [0.29, 0.717) is 22.5 Å². The molecule has 0 aliphatic carbocycles. The Bertz CT molecular complexity index is 1030. The Morgan fingerprint density at radius 1 is 1.11 bits per heavy atom. The van der Waals surface area contributed by atoms with Gasteiger partial charge < -0.3 is 9.73 Å². The lowest BCUT2D eigenvalue weighted by Crippen LogP contribution is -2.38. The summed E-state index contributed by atoms with van der Waals surface area (Å²) in [7, 11) is 0. The number of fused-ring (bicyclic) bond motifs is 1. The maximum absolute atomic E-state index is 12.7. The van der Waals surface area contributed by atoms with Crippen LogP contribution in [0.15, 0.2) is 63.8 Å². The molecule has 1 atom stereocenters. The van der Waals surface area contributed by atoms with E-state index in [1.807, 2.05) is 24.3 Å². The molecule has 1 heterocycles. The van der Waals surface area contributed by atoms with Crippen LogP contribution in [0.4, 0.5) is 0 Å². The van der Waals surface area contributed by atoms with Crippen molar-refractivity contribution >= 4 is 28.5 Å². The lowest BCUT2D eigenvalue weighted by molar-refractivity contribution is 0.0908. The molecule has 5 nitrogen and oxygen atoms in total. The molecule has 3 aromatic rings. The van der Waals surface area contributed by atoms with Crippen molar-refractivity contribution in [2.75, 3.05) is 19.6 Å². The van der Waals surface area contributed by atoms with Gasteiger partial charge in [-0.1, -0.05) is 55.8 Å². The van der Waals surface area contributed by atoms with Gasteiger partial charge in [0, 0.05) is 17.6 Å². The molecular weight excluding hydrogens is 376 g/mol. The molecule has 0 fully saturated rings. The maximum Gasteiger partial charge on any atom is 0.287 e. The number of nitrogens with one attached hydrogen (secondary N) is 1. The van der Waals surface area contributed by atoms with Crippen LogP contribution in [0, 0.1) is 0 Å². The van der Waals surface area contributed by atoms with E-state index in [9.17, 15) is 9.59 Å². The van der Waals surface area contributed by atoms with E-state index in [1.165, 1.54) is 6.07 Å². The predicted molar refractivity (Wildman–Crippen MR) is 112 cm³/mol. The summed E-state index contributed by atoms with van der Waals surface area (Å²) in [4.78, 5) is 27.1. The lowest BCUT2D eigenvalue weighted by Gasteiger charge is -2.30. The fourth-order valence-electron chi connectivity index (χ4n) is 3.34. The third-order valence-electron chi connectivity index (χ3n) is 4.83. The number of benzene rings is 2. The Morgan fingerprint density at radius 2 is 1.79 bits per heavy atom. The van der Waals surface area contributed by atoms with Crippen LogP contribution in [0.3, 0.4) is 0 Å². The summed E-state index contributed by atoms with van der Waals surface area (Å²) in [5.41, 5.74) is 1.11. The van der Waals surface area contributed by atoms with E-state index in [-0.39, 0.29) is 17.2 Å². The average molecular weight is 399 g/mol. The van der Waals surface area contributed by atoms with Crippen LogP contribution in [0.5, 0.6) is 0 Å². The molecule has 1 amide bonds. The first-order valence-corrected chi connectivity index (χ1v) is 9.72. The van der Waals surface area contributed by atoms with Gasteiger partial charge in [-0.3, -0.25) is 14.5 Å². The predicted octanol–water partition coefficient (Wildman–Crippen LogP) is 4.26. The highest BCUT2D eigenvalue weighted by molar-refractivity contribution is 6.31. The van der Waals surface area contributed by atoms with Crippen molar-refractivity contribution in [3.63, 3.8) is 0 Å². The summed E-state index contributed by atoms with van der Waals surface area (Å²) in [6.45, 7) is 6.11. The van der Waals surface area contributed by atoms with Crippen molar-refractivity contribution in [1.82, 2.24) is 10.2 Å². The van der Waals surface area contributed by atoms with E-state index in [4.69, 9.17) is 16.0 Å². The number of carbonyl (C=O) groups excluding carboxylic acids is 1. The first-order chi connectivity index (χ1) is 13.5. The van der Waals surface area contributed by atoms with E-state index >= 15 is 0 Å². The summed E-state index contributed by atoms with van der Waals surface area (Å²) in [5, 5.41) is 4.01. The van der Waals surface area contributed by atoms with Crippen LogP contribution in [-0.4, -0.2) is 30.4 Å². The van der Waals surface area contributed by atoms with E-state index in [2.05, 4.69) is 24.1 Å². The number of nitrogens with zero attached hydrogens (tertiary/aromatic N) is 1. The zero-order valence-electron chi connectivity index (χ0n) is 15.9. The SMILES string of the molecule is CCN(CC)[C@@H](CNC(=O)c1cc(=O)c2ccccc2o1)c1ccccc1Cl. The average Bonchev–Trinajstić information content (AvgIpc) is 2.71. The number of halogens is 1. The largest absolute Gasteiger partial charge is 0.451 e. The monoisotopic (exact) mass is 398 g/mol. The summed E-state index contributed by atoms with van der Waals surface area (Å²) in [5.74, 6) is -0.423. The van der Waals surface area contributed by atoms with Crippen LogP contribution >= 0.6 is 11.6 Å².